The number of nitrogens with zero attached hydrogens (tertiary/aromatic N) is 2. The van der Waals surface area contributed by atoms with Crippen molar-refractivity contribution in [2.45, 2.75) is 0 Å². The standard InChI is InChI=1S/C56H38N2/c1-3-17-47-39(13-1)15-11-22-49(47)41-27-33-44(34-28-41)57(45-35-29-42(30-36-45)50-23-12-16-40-14-2-4-18-48(40)50)46-37-31-43(32-38-46)51-19-5-8-24-54(51)58-55-25-9-6-20-52(55)53-21-7-10-26-56(53)58/h1-38H/i27D,28D,29D,30D,33D,34D,35D,36D. The Morgan fingerprint density at radius 1 is 0.310 bits per heavy atom. The largest absolute Gasteiger partial charge is 0.311 e. The third-order valence-electron chi connectivity index (χ3n) is 11.0. The smallest absolute Gasteiger partial charge is 0.0645 e. The van der Waals surface area contributed by atoms with Crippen molar-refractivity contribution in [3.05, 3.63) is 230 Å². The van der Waals surface area contributed by atoms with E-state index in [0.29, 0.717) is 16.8 Å². The van der Waals surface area contributed by atoms with Gasteiger partial charge in [-0.2, -0.15) is 0 Å². The van der Waals surface area contributed by atoms with Gasteiger partial charge in [0.15, 0.2) is 0 Å². The molecule has 0 aliphatic rings. The second-order valence-electron chi connectivity index (χ2n) is 14.3. The first kappa shape index (κ1) is 26.2. The fourth-order valence-electron chi connectivity index (χ4n) is 8.25. The van der Waals surface area contributed by atoms with E-state index in [1.54, 1.807) is 24.3 Å². The summed E-state index contributed by atoms with van der Waals surface area (Å²) < 4.78 is 78.8. The van der Waals surface area contributed by atoms with Crippen molar-refractivity contribution < 1.29 is 11.0 Å². The minimum Gasteiger partial charge on any atom is -0.311 e. The molecule has 2 nitrogen and oxygen atoms in total. The Morgan fingerprint density at radius 3 is 1.26 bits per heavy atom. The molecule has 1 heterocycles. The number of fused-ring (bicyclic) bond motifs is 5. The molecule has 0 fully saturated rings. The zero-order valence-electron chi connectivity index (χ0n) is 39.2. The van der Waals surface area contributed by atoms with Crippen LogP contribution < -0.4 is 4.90 Å². The normalized spacial score (nSPS) is 13.4. The van der Waals surface area contributed by atoms with Gasteiger partial charge in [-0.05, 0) is 104 Å². The molecule has 11 rings (SSSR count). The summed E-state index contributed by atoms with van der Waals surface area (Å²) >= 11 is 0. The molecule has 0 saturated heterocycles. The third-order valence-corrected chi connectivity index (χ3v) is 11.0. The predicted octanol–water partition coefficient (Wildman–Crippen LogP) is 15.6. The van der Waals surface area contributed by atoms with Crippen LogP contribution in [0.25, 0.3) is 82.4 Å². The van der Waals surface area contributed by atoms with Crippen molar-refractivity contribution in [1.29, 1.82) is 0 Å². The first-order valence-corrected chi connectivity index (χ1v) is 19.3. The molecule has 272 valence electrons. The molecule has 2 heteroatoms. The van der Waals surface area contributed by atoms with Gasteiger partial charge in [-0.3, -0.25) is 0 Å². The molecule has 0 saturated carbocycles. The lowest BCUT2D eigenvalue weighted by Crippen LogP contribution is -2.09. The first-order chi connectivity index (χ1) is 32.1. The molecule has 0 amide bonds. The maximum Gasteiger partial charge on any atom is 0.0645 e. The number of aromatic nitrogens is 1. The summed E-state index contributed by atoms with van der Waals surface area (Å²) in [7, 11) is 0. The van der Waals surface area contributed by atoms with Crippen LogP contribution >= 0.6 is 0 Å². The van der Waals surface area contributed by atoms with Gasteiger partial charge < -0.3 is 9.47 Å². The quantitative estimate of drug-likeness (QED) is 0.158. The van der Waals surface area contributed by atoms with Crippen LogP contribution in [0.15, 0.2) is 230 Å². The van der Waals surface area contributed by atoms with Crippen LogP contribution in [0.4, 0.5) is 17.1 Å². The highest BCUT2D eigenvalue weighted by Gasteiger charge is 2.18. The Balaban J connectivity index is 1.13. The van der Waals surface area contributed by atoms with E-state index in [2.05, 4.69) is 41.0 Å². The summed E-state index contributed by atoms with van der Waals surface area (Å²) in [5.41, 5.74) is 6.06. The average Bonchev–Trinajstić information content (AvgIpc) is 3.69. The van der Waals surface area contributed by atoms with Crippen LogP contribution in [0.2, 0.25) is 0 Å². The van der Waals surface area contributed by atoms with Crippen molar-refractivity contribution in [2.75, 3.05) is 4.90 Å². The highest BCUT2D eigenvalue weighted by Crippen LogP contribution is 2.41. The minimum absolute atomic E-state index is 0.119. The number of rotatable bonds is 7. The van der Waals surface area contributed by atoms with E-state index in [4.69, 9.17) is 0 Å². The molecule has 0 radical (unpaired) electrons. The molecule has 0 N–H and O–H groups in total. The number of benzene rings is 10. The Morgan fingerprint density at radius 2 is 0.724 bits per heavy atom. The highest BCUT2D eigenvalue weighted by atomic mass is 15.1. The number of para-hydroxylation sites is 3. The fourth-order valence-corrected chi connectivity index (χ4v) is 8.25. The summed E-state index contributed by atoms with van der Waals surface area (Å²) in [4.78, 5) is 1.36. The van der Waals surface area contributed by atoms with E-state index in [-0.39, 0.29) is 46.7 Å². The highest BCUT2D eigenvalue weighted by molar-refractivity contribution is 6.10. The Labute approximate surface area is 349 Å². The molecule has 0 aliphatic heterocycles. The molecular formula is C56H38N2. The zero-order chi connectivity index (χ0) is 45.4. The van der Waals surface area contributed by atoms with E-state index in [1.165, 1.54) is 4.90 Å². The van der Waals surface area contributed by atoms with Gasteiger partial charge in [-0.1, -0.05) is 176 Å². The summed E-state index contributed by atoms with van der Waals surface area (Å²) in [5.74, 6) is 0. The lowest BCUT2D eigenvalue weighted by molar-refractivity contribution is 1.18. The van der Waals surface area contributed by atoms with E-state index >= 15 is 0 Å². The van der Waals surface area contributed by atoms with E-state index in [9.17, 15) is 11.0 Å². The SMILES string of the molecule is [2H]c1c([2H])c(N(c2ccc(-c3ccccc3-n3c4ccccc4c4ccccc43)cc2)c2c([2H])c([2H])c(-c3cccc4ccccc34)c([2H])c2[2H])c([2H])c([2H])c1-c1cccc2ccccc12. The molecular weight excluding hydrogens is 701 g/mol. The molecule has 0 aliphatic carbocycles. The molecule has 0 unspecified atom stereocenters. The lowest BCUT2D eigenvalue weighted by atomic mass is 9.97. The fraction of sp³-hybridized carbons (Fsp3) is 0. The van der Waals surface area contributed by atoms with Crippen molar-refractivity contribution in [2.24, 2.45) is 0 Å². The Kier molecular flexibility index (Phi) is 6.38. The second kappa shape index (κ2) is 14.1. The maximum atomic E-state index is 9.64. The number of anilines is 3. The van der Waals surface area contributed by atoms with Gasteiger partial charge in [0.1, 0.15) is 0 Å². The summed E-state index contributed by atoms with van der Waals surface area (Å²) in [6, 6.07) is 55.6. The average molecular weight is 747 g/mol. The monoisotopic (exact) mass is 746 g/mol. The van der Waals surface area contributed by atoms with Gasteiger partial charge in [-0.15, -0.1) is 0 Å². The van der Waals surface area contributed by atoms with Crippen LogP contribution in [0, 0.1) is 0 Å². The molecule has 0 atom stereocenters. The van der Waals surface area contributed by atoms with Gasteiger partial charge in [0.25, 0.3) is 0 Å². The maximum absolute atomic E-state index is 9.64. The van der Waals surface area contributed by atoms with E-state index < -0.39 is 24.2 Å². The van der Waals surface area contributed by atoms with Crippen molar-refractivity contribution in [3.63, 3.8) is 0 Å². The third kappa shape index (κ3) is 5.74. The Hall–Kier alpha value is -7.68. The molecule has 0 bridgehead atoms. The van der Waals surface area contributed by atoms with Crippen LogP contribution in [-0.4, -0.2) is 4.57 Å². The minimum atomic E-state index is -0.394. The topological polar surface area (TPSA) is 8.17 Å². The van der Waals surface area contributed by atoms with Gasteiger partial charge in [0.2, 0.25) is 0 Å². The van der Waals surface area contributed by atoms with Crippen LogP contribution in [0.3, 0.4) is 0 Å². The zero-order valence-corrected chi connectivity index (χ0v) is 31.2. The Bertz CT molecular complexity index is 3500. The van der Waals surface area contributed by atoms with E-state index in [0.717, 1.165) is 60.2 Å². The number of hydrogen-bond donors (Lipinski definition) is 0. The summed E-state index contributed by atoms with van der Waals surface area (Å²) in [6.45, 7) is 0. The van der Waals surface area contributed by atoms with Gasteiger partial charge in [0.05, 0.1) is 27.7 Å². The second-order valence-corrected chi connectivity index (χ2v) is 14.3. The van der Waals surface area contributed by atoms with Crippen LogP contribution in [0.5, 0.6) is 0 Å². The molecule has 1 aromatic heterocycles. The number of hydrogen-bond acceptors (Lipinski definition) is 1. The van der Waals surface area contributed by atoms with Crippen LogP contribution in [0.1, 0.15) is 11.0 Å². The molecule has 10 aromatic carbocycles. The van der Waals surface area contributed by atoms with Crippen molar-refractivity contribution >= 4 is 60.4 Å². The first-order valence-electron chi connectivity index (χ1n) is 23.3. The van der Waals surface area contributed by atoms with Crippen LogP contribution in [-0.2, 0) is 0 Å². The van der Waals surface area contributed by atoms with Gasteiger partial charge in [0, 0.05) is 33.4 Å². The van der Waals surface area contributed by atoms with Gasteiger partial charge >= 0.3 is 0 Å². The van der Waals surface area contributed by atoms with Crippen molar-refractivity contribution in [1.82, 2.24) is 4.57 Å². The molecule has 58 heavy (non-hydrogen) atoms. The summed E-state index contributed by atoms with van der Waals surface area (Å²) in [5, 5.41) is 5.56. The van der Waals surface area contributed by atoms with E-state index in [1.807, 2.05) is 121 Å². The van der Waals surface area contributed by atoms with Crippen molar-refractivity contribution in [3.8, 4) is 39.1 Å². The lowest BCUT2D eigenvalue weighted by Gasteiger charge is -2.26. The van der Waals surface area contributed by atoms with Gasteiger partial charge in [-0.25, -0.2) is 0 Å². The molecule has 0 spiro atoms. The summed E-state index contributed by atoms with van der Waals surface area (Å²) in [6.07, 6.45) is 0. The predicted molar refractivity (Wildman–Crippen MR) is 247 cm³/mol. The molecule has 11 aromatic rings.